The summed E-state index contributed by atoms with van der Waals surface area (Å²) in [5.41, 5.74) is 5.39. The molecule has 214 valence electrons. The zero-order chi connectivity index (χ0) is 29.6. The Balaban J connectivity index is 1.68. The van der Waals surface area contributed by atoms with Crippen LogP contribution in [0.2, 0.25) is 0 Å². The molecule has 12 heteroatoms. The second kappa shape index (κ2) is 10.8. The summed E-state index contributed by atoms with van der Waals surface area (Å²) in [4.78, 5) is 57.6. The second-order valence-corrected chi connectivity index (χ2v) is 11.0. The summed E-state index contributed by atoms with van der Waals surface area (Å²) >= 11 is 0. The van der Waals surface area contributed by atoms with Gasteiger partial charge in [-0.3, -0.25) is 28.5 Å². The minimum atomic E-state index is -0.808. The highest BCUT2D eigenvalue weighted by Gasteiger charge is 2.34. The van der Waals surface area contributed by atoms with Crippen molar-refractivity contribution >= 4 is 34.2 Å². The van der Waals surface area contributed by atoms with Crippen LogP contribution >= 0.6 is 0 Å². The van der Waals surface area contributed by atoms with Gasteiger partial charge in [0.1, 0.15) is 17.9 Å². The zero-order valence-corrected chi connectivity index (χ0v) is 23.2. The lowest BCUT2D eigenvalue weighted by Crippen LogP contribution is -2.59. The van der Waals surface area contributed by atoms with Gasteiger partial charge in [-0.1, -0.05) is 0 Å². The van der Waals surface area contributed by atoms with Crippen LogP contribution in [0, 0.1) is 23.1 Å². The van der Waals surface area contributed by atoms with Crippen LogP contribution < -0.4 is 21.9 Å². The highest BCUT2D eigenvalue weighted by molar-refractivity contribution is 6.01. The number of aromatic nitrogens is 2. The molecule has 1 saturated heterocycles. The topological polar surface area (TPSA) is 138 Å². The fourth-order valence-corrected chi connectivity index (χ4v) is 5.33. The molecule has 1 unspecified atom stereocenters. The molecular formula is C29H32FN7O4. The van der Waals surface area contributed by atoms with Gasteiger partial charge in [0.2, 0.25) is 5.91 Å². The molecule has 3 amide bonds. The number of urea groups is 1. The molecule has 2 heterocycles. The van der Waals surface area contributed by atoms with Crippen LogP contribution in [0.3, 0.4) is 0 Å². The Morgan fingerprint density at radius 1 is 1.12 bits per heavy atom. The molecule has 5 rings (SSSR count). The van der Waals surface area contributed by atoms with Gasteiger partial charge >= 0.3 is 11.7 Å². The van der Waals surface area contributed by atoms with Gasteiger partial charge in [-0.15, -0.1) is 0 Å². The van der Waals surface area contributed by atoms with Gasteiger partial charge in [-0.25, -0.2) is 14.0 Å². The van der Waals surface area contributed by atoms with Crippen molar-refractivity contribution in [2.24, 2.45) is 11.7 Å². The van der Waals surface area contributed by atoms with E-state index in [4.69, 9.17) is 5.73 Å². The van der Waals surface area contributed by atoms with E-state index in [0.717, 1.165) is 18.9 Å². The molecule has 2 aliphatic rings. The molecule has 2 N–H and O–H groups in total. The molecule has 0 bridgehead atoms. The van der Waals surface area contributed by atoms with E-state index in [1.807, 2.05) is 13.8 Å². The summed E-state index contributed by atoms with van der Waals surface area (Å²) in [5, 5.41) is 9.47. The average molecular weight is 562 g/mol. The molecule has 2 aromatic carbocycles. The van der Waals surface area contributed by atoms with Crippen LogP contribution in [0.5, 0.6) is 0 Å². The molecule has 2 fully saturated rings. The average Bonchev–Trinajstić information content (AvgIpc) is 3.76. The number of nitrogens with two attached hydrogens (primary N) is 1. The van der Waals surface area contributed by atoms with Crippen molar-refractivity contribution in [3.8, 4) is 6.07 Å². The van der Waals surface area contributed by atoms with Gasteiger partial charge in [0, 0.05) is 32.2 Å². The smallest absolute Gasteiger partial charge is 0.331 e. The molecular weight excluding hydrogens is 529 g/mol. The van der Waals surface area contributed by atoms with Crippen LogP contribution in [-0.2, 0) is 11.3 Å². The second-order valence-electron chi connectivity index (χ2n) is 11.0. The van der Waals surface area contributed by atoms with E-state index < -0.39 is 29.4 Å². The Kier molecular flexibility index (Phi) is 7.40. The molecule has 1 aliphatic heterocycles. The minimum absolute atomic E-state index is 0.0224. The van der Waals surface area contributed by atoms with Crippen molar-refractivity contribution in [3.63, 3.8) is 0 Å². The number of carbonyl (C=O) groups is 2. The summed E-state index contributed by atoms with van der Waals surface area (Å²) < 4.78 is 17.6. The van der Waals surface area contributed by atoms with E-state index in [0.29, 0.717) is 18.6 Å². The van der Waals surface area contributed by atoms with E-state index in [-0.39, 0.29) is 53.1 Å². The molecule has 0 spiro atoms. The number of anilines is 2. The Hall–Kier alpha value is -4.50. The number of amides is 3. The number of benzene rings is 2. The van der Waals surface area contributed by atoms with Crippen molar-refractivity contribution < 1.29 is 14.0 Å². The van der Waals surface area contributed by atoms with Crippen molar-refractivity contribution in [1.29, 1.82) is 5.26 Å². The number of rotatable bonds is 6. The van der Waals surface area contributed by atoms with E-state index in [2.05, 4.69) is 0 Å². The van der Waals surface area contributed by atoms with E-state index >= 15 is 0 Å². The van der Waals surface area contributed by atoms with Crippen molar-refractivity contribution in [3.05, 3.63) is 68.6 Å². The van der Waals surface area contributed by atoms with Gasteiger partial charge in [0.25, 0.3) is 5.56 Å². The normalized spacial score (nSPS) is 17.6. The summed E-state index contributed by atoms with van der Waals surface area (Å²) in [6.07, 6.45) is 1.91. The Bertz CT molecular complexity index is 1700. The van der Waals surface area contributed by atoms with E-state index in [1.165, 1.54) is 32.6 Å². The summed E-state index contributed by atoms with van der Waals surface area (Å²) in [5.74, 6) is -1.11. The predicted molar refractivity (Wildman–Crippen MR) is 151 cm³/mol. The number of likely N-dealkylation sites (N-methyl/N-ethyl adjacent to an activating group) is 1. The number of carbonyl (C=O) groups excluding carboxylic acids is 2. The fourth-order valence-electron chi connectivity index (χ4n) is 5.33. The third-order valence-electron chi connectivity index (χ3n) is 7.83. The molecule has 41 heavy (non-hydrogen) atoms. The molecule has 11 nitrogen and oxygen atoms in total. The molecule has 0 radical (unpaired) electrons. The fraction of sp³-hybridized carbons (Fsp3) is 0.414. The molecule has 1 saturated carbocycles. The van der Waals surface area contributed by atoms with Crippen LogP contribution in [0.1, 0.15) is 38.3 Å². The van der Waals surface area contributed by atoms with Gasteiger partial charge in [-0.2, -0.15) is 5.26 Å². The first-order chi connectivity index (χ1) is 19.5. The van der Waals surface area contributed by atoms with Gasteiger partial charge < -0.3 is 10.6 Å². The van der Waals surface area contributed by atoms with Gasteiger partial charge in [0.05, 0.1) is 27.8 Å². The third kappa shape index (κ3) is 5.20. The van der Waals surface area contributed by atoms with Crippen LogP contribution in [0.15, 0.2) is 46.0 Å². The van der Waals surface area contributed by atoms with Gasteiger partial charge in [-0.05, 0) is 76.1 Å². The van der Waals surface area contributed by atoms with E-state index in [9.17, 15) is 28.8 Å². The van der Waals surface area contributed by atoms with Crippen LogP contribution in [0.25, 0.3) is 10.9 Å². The number of halogens is 1. The number of hydrogen-bond donors (Lipinski definition) is 1. The maximum absolute atomic E-state index is 14.8. The lowest BCUT2D eigenvalue weighted by atomic mass is 10.1. The molecule has 1 aliphatic carbocycles. The van der Waals surface area contributed by atoms with Crippen molar-refractivity contribution in [2.75, 3.05) is 31.6 Å². The molecule has 1 atom stereocenters. The summed E-state index contributed by atoms with van der Waals surface area (Å²) in [7, 11) is 1.75. The zero-order valence-electron chi connectivity index (χ0n) is 23.2. The lowest BCUT2D eigenvalue weighted by Gasteiger charge is -2.40. The minimum Gasteiger partial charge on any atom is -0.368 e. The van der Waals surface area contributed by atoms with Crippen LogP contribution in [0.4, 0.5) is 20.6 Å². The number of nitriles is 1. The highest BCUT2D eigenvalue weighted by Crippen LogP contribution is 2.32. The highest BCUT2D eigenvalue weighted by atomic mass is 19.1. The standard InChI is InChI=1S/C29H32FN7O4/c1-17(2)36-24-9-8-20(12-22(24)27(39)35(29(36)41)15-18-4-5-18)37(21-7-6-19(14-31)23(30)13-21)28(40)34-11-10-33(3)25(16-34)26(32)38/h6-9,12-13,17-18,25H,4-5,10-11,15-16H2,1-3H3,(H2,32,38). The lowest BCUT2D eigenvalue weighted by molar-refractivity contribution is -0.124. The maximum Gasteiger partial charge on any atom is 0.331 e. The molecule has 3 aromatic rings. The molecule has 1 aromatic heterocycles. The first-order valence-electron chi connectivity index (χ1n) is 13.6. The van der Waals surface area contributed by atoms with Gasteiger partial charge in [0.15, 0.2) is 0 Å². The SMILES string of the molecule is CC(C)n1c(=O)n(CC2CC2)c(=O)c2cc(N(C(=O)N3CCN(C)C(C(N)=O)C3)c3ccc(C#N)c(F)c3)ccc21. The maximum atomic E-state index is 14.8. The predicted octanol–water partition coefficient (Wildman–Crippen LogP) is 2.52. The summed E-state index contributed by atoms with van der Waals surface area (Å²) in [6, 6.07) is 8.85. The van der Waals surface area contributed by atoms with Crippen LogP contribution in [-0.4, -0.2) is 63.6 Å². The van der Waals surface area contributed by atoms with E-state index in [1.54, 1.807) is 34.7 Å². The number of fused-ring (bicyclic) bond motifs is 1. The summed E-state index contributed by atoms with van der Waals surface area (Å²) in [6.45, 7) is 4.73. The Morgan fingerprint density at radius 3 is 2.41 bits per heavy atom. The number of piperazine rings is 1. The van der Waals surface area contributed by atoms with Crippen molar-refractivity contribution in [2.45, 2.75) is 45.3 Å². The Labute approximate surface area is 235 Å². The Morgan fingerprint density at radius 2 is 1.80 bits per heavy atom. The first-order valence-corrected chi connectivity index (χ1v) is 13.6. The quantitative estimate of drug-likeness (QED) is 0.491. The largest absolute Gasteiger partial charge is 0.368 e. The number of hydrogen-bond acceptors (Lipinski definition) is 6. The third-order valence-corrected chi connectivity index (χ3v) is 7.83. The monoisotopic (exact) mass is 561 g/mol. The first kappa shape index (κ1) is 28.0. The number of primary amides is 1. The van der Waals surface area contributed by atoms with Crippen molar-refractivity contribution in [1.82, 2.24) is 18.9 Å². The number of nitrogens with zero attached hydrogens (tertiary/aromatic N) is 6.